The third-order valence-corrected chi connectivity index (χ3v) is 4.64. The Hall–Kier alpha value is -1.33. The second-order valence-corrected chi connectivity index (χ2v) is 6.16. The van der Waals surface area contributed by atoms with Crippen molar-refractivity contribution in [1.29, 1.82) is 0 Å². The predicted molar refractivity (Wildman–Crippen MR) is 89.6 cm³/mol. The van der Waals surface area contributed by atoms with Crippen LogP contribution in [0.1, 0.15) is 39.0 Å². The van der Waals surface area contributed by atoms with Gasteiger partial charge in [0.2, 0.25) is 0 Å². The van der Waals surface area contributed by atoms with E-state index in [4.69, 9.17) is 21.2 Å². The fraction of sp³-hybridized carbons (Fsp3) is 0.647. The summed E-state index contributed by atoms with van der Waals surface area (Å²) in [6.07, 6.45) is 5.05. The number of allylic oxidation sites excluding steroid dienone is 2. The Morgan fingerprint density at radius 3 is 2.74 bits per heavy atom. The molecule has 0 amide bonds. The van der Waals surface area contributed by atoms with Crippen LogP contribution in [0.25, 0.3) is 0 Å². The van der Waals surface area contributed by atoms with Crippen LogP contribution in [-0.4, -0.2) is 36.4 Å². The minimum atomic E-state index is -0.0395. The molecule has 128 valence electrons. The van der Waals surface area contributed by atoms with Gasteiger partial charge in [0.1, 0.15) is 12.4 Å². The van der Waals surface area contributed by atoms with Gasteiger partial charge in [0.25, 0.3) is 0 Å². The van der Waals surface area contributed by atoms with Gasteiger partial charge in [-0.25, -0.2) is 0 Å². The van der Waals surface area contributed by atoms with Crippen molar-refractivity contribution in [2.45, 2.75) is 39.0 Å². The maximum atomic E-state index is 12.5. The van der Waals surface area contributed by atoms with Crippen molar-refractivity contribution >= 4 is 23.1 Å². The maximum absolute atomic E-state index is 12.5. The molecule has 1 N–H and O–H groups in total. The van der Waals surface area contributed by atoms with Gasteiger partial charge >= 0.3 is 0 Å². The molecular formula is C17H24ClNO4. The van der Waals surface area contributed by atoms with Crippen molar-refractivity contribution in [3.8, 4) is 0 Å². The number of carbonyl (C=O) groups is 1. The molecule has 0 saturated carbocycles. The Kier molecular flexibility index (Phi) is 7.12. The summed E-state index contributed by atoms with van der Waals surface area (Å²) in [5, 5.41) is 14.4. The van der Waals surface area contributed by atoms with Crippen LogP contribution < -0.4 is 0 Å². The molecule has 0 aromatic heterocycles. The summed E-state index contributed by atoms with van der Waals surface area (Å²) in [7, 11) is 0. The Bertz CT molecular complexity index is 507. The first kappa shape index (κ1) is 18.0. The third-order valence-electron chi connectivity index (χ3n) is 4.46. The van der Waals surface area contributed by atoms with E-state index in [2.05, 4.69) is 5.16 Å². The van der Waals surface area contributed by atoms with Gasteiger partial charge in [-0.15, -0.1) is 0 Å². The highest BCUT2D eigenvalue weighted by Gasteiger charge is 2.34. The predicted octanol–water partition coefficient (Wildman–Crippen LogP) is 3.74. The van der Waals surface area contributed by atoms with Crippen molar-refractivity contribution in [3.63, 3.8) is 0 Å². The number of carbonyl (C=O) groups excluding carboxylic acids is 1. The second-order valence-electron chi connectivity index (χ2n) is 5.91. The van der Waals surface area contributed by atoms with Crippen molar-refractivity contribution in [3.05, 3.63) is 22.9 Å². The molecular weight excluding hydrogens is 318 g/mol. The van der Waals surface area contributed by atoms with Crippen LogP contribution in [0.5, 0.6) is 0 Å². The smallest absolute Gasteiger partial charge is 0.168 e. The monoisotopic (exact) mass is 341 g/mol. The third kappa shape index (κ3) is 4.82. The topological polar surface area (TPSA) is 68.1 Å². The van der Waals surface area contributed by atoms with Crippen LogP contribution in [0.2, 0.25) is 0 Å². The first-order valence-electron chi connectivity index (χ1n) is 8.14. The quantitative estimate of drug-likeness (QED) is 0.454. The van der Waals surface area contributed by atoms with Gasteiger partial charge in [0.05, 0.1) is 11.3 Å². The lowest BCUT2D eigenvalue weighted by Crippen LogP contribution is -2.31. The van der Waals surface area contributed by atoms with Gasteiger partial charge in [0, 0.05) is 31.6 Å². The molecule has 0 bridgehead atoms. The molecule has 23 heavy (non-hydrogen) atoms. The minimum absolute atomic E-state index is 0.0395. The van der Waals surface area contributed by atoms with Gasteiger partial charge in [-0.2, -0.15) is 0 Å². The first-order valence-corrected chi connectivity index (χ1v) is 8.58. The van der Waals surface area contributed by atoms with E-state index in [-0.39, 0.29) is 24.1 Å². The molecule has 5 nitrogen and oxygen atoms in total. The zero-order chi connectivity index (χ0) is 16.7. The van der Waals surface area contributed by atoms with Crippen LogP contribution >= 0.6 is 11.6 Å². The van der Waals surface area contributed by atoms with Crippen LogP contribution in [0, 0.1) is 11.8 Å². The molecule has 0 aromatic rings. The number of nitrogens with zero attached hydrogens (tertiary/aromatic N) is 1. The molecule has 6 heteroatoms. The number of oxime groups is 1. The van der Waals surface area contributed by atoms with Crippen molar-refractivity contribution < 1.29 is 19.5 Å². The van der Waals surface area contributed by atoms with E-state index in [1.54, 1.807) is 6.08 Å². The zero-order valence-electron chi connectivity index (χ0n) is 13.5. The van der Waals surface area contributed by atoms with Crippen molar-refractivity contribution in [1.82, 2.24) is 0 Å². The molecule has 1 aliphatic heterocycles. The molecule has 1 heterocycles. The Balaban J connectivity index is 2.09. The standard InChI is InChI=1S/C17H24ClNO4/c1-2-14(19-23-7-3-6-18)17-15(20)10-13(11-16(17)21)12-4-8-22-9-5-12/h3,6,12-13,20H,2,4-5,7-11H2,1H3. The number of ether oxygens (including phenoxy) is 1. The van der Waals surface area contributed by atoms with E-state index in [1.807, 2.05) is 6.92 Å². The highest BCUT2D eigenvalue weighted by molar-refractivity contribution is 6.25. The molecule has 1 atom stereocenters. The number of hydrogen-bond donors (Lipinski definition) is 1. The van der Waals surface area contributed by atoms with Crippen LogP contribution in [0.15, 0.2) is 28.1 Å². The summed E-state index contributed by atoms with van der Waals surface area (Å²) in [6.45, 7) is 3.62. The van der Waals surface area contributed by atoms with Crippen molar-refractivity contribution in [2.75, 3.05) is 19.8 Å². The number of Topliss-reactive ketones (excluding diaryl/α,β-unsaturated/α-hetero) is 1. The average Bonchev–Trinajstić information content (AvgIpc) is 2.57. The summed E-state index contributed by atoms with van der Waals surface area (Å²) in [5.74, 6) is 0.758. The maximum Gasteiger partial charge on any atom is 0.168 e. The van der Waals surface area contributed by atoms with Gasteiger partial charge in [-0.05, 0) is 37.2 Å². The van der Waals surface area contributed by atoms with Gasteiger partial charge in [-0.1, -0.05) is 23.7 Å². The van der Waals surface area contributed by atoms with E-state index < -0.39 is 0 Å². The van der Waals surface area contributed by atoms with Crippen LogP contribution in [0.4, 0.5) is 0 Å². The summed E-state index contributed by atoms with van der Waals surface area (Å²) in [6, 6.07) is 0. The largest absolute Gasteiger partial charge is 0.511 e. The molecule has 1 unspecified atom stereocenters. The molecule has 1 aliphatic carbocycles. The normalized spacial score (nSPS) is 24.5. The molecule has 2 aliphatic rings. The van der Waals surface area contributed by atoms with E-state index >= 15 is 0 Å². The fourth-order valence-corrected chi connectivity index (χ4v) is 3.33. The summed E-state index contributed by atoms with van der Waals surface area (Å²) < 4.78 is 5.38. The summed E-state index contributed by atoms with van der Waals surface area (Å²) in [5.41, 5.74) is 2.19. The van der Waals surface area contributed by atoms with Crippen LogP contribution in [0.3, 0.4) is 0 Å². The number of aliphatic hydroxyl groups is 1. The second kappa shape index (κ2) is 9.08. The molecule has 0 radical (unpaired) electrons. The lowest BCUT2D eigenvalue weighted by Gasteiger charge is -2.32. The molecule has 0 aromatic carbocycles. The number of hydrogen-bond acceptors (Lipinski definition) is 5. The van der Waals surface area contributed by atoms with Gasteiger partial charge in [0.15, 0.2) is 5.78 Å². The Morgan fingerprint density at radius 1 is 1.39 bits per heavy atom. The Morgan fingerprint density at radius 2 is 2.13 bits per heavy atom. The Labute approximate surface area is 142 Å². The lowest BCUT2D eigenvalue weighted by molar-refractivity contribution is -0.117. The van der Waals surface area contributed by atoms with E-state index in [1.165, 1.54) is 5.54 Å². The van der Waals surface area contributed by atoms with E-state index in [0.29, 0.717) is 36.5 Å². The fourth-order valence-electron chi connectivity index (χ4n) is 3.25. The molecule has 1 fully saturated rings. The SMILES string of the molecule is CCC(=NOCC=CCl)C1=C(O)CC(C2CCOCC2)CC1=O. The number of rotatable bonds is 6. The highest BCUT2D eigenvalue weighted by Crippen LogP contribution is 2.36. The van der Waals surface area contributed by atoms with Gasteiger partial charge in [-0.3, -0.25) is 4.79 Å². The van der Waals surface area contributed by atoms with E-state index in [0.717, 1.165) is 26.1 Å². The first-order chi connectivity index (χ1) is 11.2. The molecule has 1 saturated heterocycles. The lowest BCUT2D eigenvalue weighted by atomic mass is 9.75. The zero-order valence-corrected chi connectivity index (χ0v) is 14.2. The average molecular weight is 342 g/mol. The minimum Gasteiger partial charge on any atom is -0.511 e. The highest BCUT2D eigenvalue weighted by atomic mass is 35.5. The molecule has 0 spiro atoms. The number of ketones is 1. The summed E-state index contributed by atoms with van der Waals surface area (Å²) in [4.78, 5) is 17.6. The number of halogens is 1. The number of aliphatic hydroxyl groups excluding tert-OH is 1. The van der Waals surface area contributed by atoms with Gasteiger partial charge < -0.3 is 14.7 Å². The summed E-state index contributed by atoms with van der Waals surface area (Å²) >= 11 is 5.41. The molecule has 2 rings (SSSR count). The van der Waals surface area contributed by atoms with E-state index in [9.17, 15) is 9.90 Å². The van der Waals surface area contributed by atoms with Crippen molar-refractivity contribution in [2.24, 2.45) is 17.0 Å². The van der Waals surface area contributed by atoms with Crippen LogP contribution in [-0.2, 0) is 14.4 Å².